The highest BCUT2D eigenvalue weighted by molar-refractivity contribution is 5.16. The molecule has 0 aromatic heterocycles. The first-order valence-electron chi connectivity index (χ1n) is 8.38. The molecule has 0 unspecified atom stereocenters. The van der Waals surface area contributed by atoms with Crippen LogP contribution in [0.25, 0.3) is 0 Å². The molecule has 4 N–H and O–H groups in total. The van der Waals surface area contributed by atoms with Crippen LogP contribution < -0.4 is 11.1 Å². The Morgan fingerprint density at radius 3 is 2.52 bits per heavy atom. The van der Waals surface area contributed by atoms with E-state index < -0.39 is 6.10 Å². The van der Waals surface area contributed by atoms with Crippen molar-refractivity contribution >= 4 is 0 Å². The van der Waals surface area contributed by atoms with Crippen LogP contribution in [0.5, 0.6) is 0 Å². The number of hydrogen-bond donors (Lipinski definition) is 3. The third-order valence-electron chi connectivity index (χ3n) is 4.78. The van der Waals surface area contributed by atoms with Gasteiger partial charge in [0.05, 0.1) is 6.10 Å². The van der Waals surface area contributed by atoms with E-state index in [1.165, 1.54) is 44.1 Å². The fourth-order valence-corrected chi connectivity index (χ4v) is 3.54. The molecule has 2 atom stereocenters. The average molecular weight is 290 g/mol. The summed E-state index contributed by atoms with van der Waals surface area (Å²) in [6.45, 7) is 2.84. The Labute approximate surface area is 128 Å². The number of nitrogens with one attached hydrogen (secondary N) is 1. The highest BCUT2D eigenvalue weighted by Gasteiger charge is 2.33. The minimum atomic E-state index is -0.487. The number of rotatable bonds is 8. The number of aliphatic hydroxyl groups excluding tert-OH is 1. The summed E-state index contributed by atoms with van der Waals surface area (Å²) in [5.74, 6) is 0. The van der Waals surface area contributed by atoms with Gasteiger partial charge in [-0.1, -0.05) is 56.5 Å². The Balaban J connectivity index is 1.81. The van der Waals surface area contributed by atoms with Gasteiger partial charge in [0.1, 0.15) is 0 Å². The summed E-state index contributed by atoms with van der Waals surface area (Å²) in [5.41, 5.74) is 7.60. The molecule has 1 saturated carbocycles. The van der Waals surface area contributed by atoms with Crippen LogP contribution in [0.15, 0.2) is 30.3 Å². The Bertz CT molecular complexity index is 401. The van der Waals surface area contributed by atoms with Gasteiger partial charge in [-0.05, 0) is 31.2 Å². The minimum absolute atomic E-state index is 0.208. The summed E-state index contributed by atoms with van der Waals surface area (Å²) in [7, 11) is 0. The summed E-state index contributed by atoms with van der Waals surface area (Å²) < 4.78 is 0. The third kappa shape index (κ3) is 4.80. The molecule has 118 valence electrons. The van der Waals surface area contributed by atoms with Crippen molar-refractivity contribution in [2.24, 2.45) is 5.73 Å². The molecular weight excluding hydrogens is 260 g/mol. The lowest BCUT2D eigenvalue weighted by molar-refractivity contribution is 0.125. The number of aliphatic hydroxyl groups is 1. The van der Waals surface area contributed by atoms with Crippen molar-refractivity contribution < 1.29 is 5.11 Å². The Kier molecular flexibility index (Phi) is 6.22. The van der Waals surface area contributed by atoms with E-state index in [-0.39, 0.29) is 11.6 Å². The van der Waals surface area contributed by atoms with Gasteiger partial charge in [0.25, 0.3) is 0 Å². The number of nitrogens with two attached hydrogens (primary N) is 1. The van der Waals surface area contributed by atoms with Gasteiger partial charge in [0.2, 0.25) is 0 Å². The van der Waals surface area contributed by atoms with E-state index in [0.29, 0.717) is 6.54 Å². The first kappa shape index (κ1) is 16.5. The molecule has 0 amide bonds. The first-order chi connectivity index (χ1) is 10.2. The molecule has 1 fully saturated rings. The molecular formula is C18H30N2O. The molecule has 3 nitrogen and oxygen atoms in total. The van der Waals surface area contributed by atoms with E-state index in [2.05, 4.69) is 24.4 Å². The number of benzene rings is 1. The van der Waals surface area contributed by atoms with E-state index in [1.54, 1.807) is 0 Å². The first-order valence-corrected chi connectivity index (χ1v) is 8.38. The summed E-state index contributed by atoms with van der Waals surface area (Å²) in [6.07, 6.45) is 7.72. The van der Waals surface area contributed by atoms with Gasteiger partial charge in [-0.25, -0.2) is 0 Å². The Hall–Kier alpha value is -0.900. The maximum Gasteiger partial charge on any atom is 0.0818 e. The SMILES string of the molecule is CCCC1(NC[C@@H](O)[C@@H](N)Cc2ccccc2)CCCC1. The molecule has 0 spiro atoms. The van der Waals surface area contributed by atoms with Crippen LogP contribution in [0.4, 0.5) is 0 Å². The van der Waals surface area contributed by atoms with Crippen molar-refractivity contribution in [1.82, 2.24) is 5.32 Å². The second-order valence-corrected chi connectivity index (χ2v) is 6.54. The zero-order valence-electron chi connectivity index (χ0n) is 13.2. The fourth-order valence-electron chi connectivity index (χ4n) is 3.54. The molecule has 1 aromatic carbocycles. The van der Waals surface area contributed by atoms with Crippen molar-refractivity contribution in [3.63, 3.8) is 0 Å². The second kappa shape index (κ2) is 7.92. The molecule has 0 heterocycles. The minimum Gasteiger partial charge on any atom is -0.390 e. The fraction of sp³-hybridized carbons (Fsp3) is 0.667. The van der Waals surface area contributed by atoms with E-state index in [1.807, 2.05) is 18.2 Å². The zero-order valence-corrected chi connectivity index (χ0v) is 13.2. The van der Waals surface area contributed by atoms with Crippen molar-refractivity contribution in [3.8, 4) is 0 Å². The maximum absolute atomic E-state index is 10.3. The number of β-amino-alcohol motifs (C(OH)–C–C–N with tert-alkyl or cyclic N) is 1. The summed E-state index contributed by atoms with van der Waals surface area (Å²) >= 11 is 0. The largest absolute Gasteiger partial charge is 0.390 e. The predicted molar refractivity (Wildman–Crippen MR) is 88.2 cm³/mol. The topological polar surface area (TPSA) is 58.3 Å². The van der Waals surface area contributed by atoms with Crippen molar-refractivity contribution in [3.05, 3.63) is 35.9 Å². The molecule has 0 aliphatic heterocycles. The van der Waals surface area contributed by atoms with Gasteiger partial charge in [-0.2, -0.15) is 0 Å². The van der Waals surface area contributed by atoms with Crippen LogP contribution in [-0.4, -0.2) is 29.3 Å². The second-order valence-electron chi connectivity index (χ2n) is 6.54. The van der Waals surface area contributed by atoms with Gasteiger partial charge in [-0.3, -0.25) is 0 Å². The van der Waals surface area contributed by atoms with Gasteiger partial charge < -0.3 is 16.2 Å². The van der Waals surface area contributed by atoms with Gasteiger partial charge in [0.15, 0.2) is 0 Å². The lowest BCUT2D eigenvalue weighted by atomic mass is 9.91. The molecule has 0 saturated heterocycles. The molecule has 1 aliphatic rings. The standard InChI is InChI=1S/C18H30N2O/c1-2-10-18(11-6-7-12-18)20-14-17(21)16(19)13-15-8-4-3-5-9-15/h3-5,8-9,16-17,20-21H,2,6-7,10-14,19H2,1H3/t16-,17+/m0/s1. The van der Waals surface area contributed by atoms with Crippen LogP contribution in [0.3, 0.4) is 0 Å². The molecule has 0 radical (unpaired) electrons. The molecule has 21 heavy (non-hydrogen) atoms. The van der Waals surface area contributed by atoms with Gasteiger partial charge in [-0.15, -0.1) is 0 Å². The Morgan fingerprint density at radius 2 is 1.90 bits per heavy atom. The molecule has 3 heteroatoms. The van der Waals surface area contributed by atoms with Crippen molar-refractivity contribution in [2.45, 2.75) is 69.6 Å². The normalized spacial score (nSPS) is 20.3. The quantitative estimate of drug-likeness (QED) is 0.690. The van der Waals surface area contributed by atoms with Crippen LogP contribution in [0, 0.1) is 0 Å². The van der Waals surface area contributed by atoms with Crippen LogP contribution in [0.1, 0.15) is 51.0 Å². The van der Waals surface area contributed by atoms with E-state index in [9.17, 15) is 5.11 Å². The molecule has 1 aromatic rings. The van der Waals surface area contributed by atoms with Crippen LogP contribution in [0.2, 0.25) is 0 Å². The van der Waals surface area contributed by atoms with Crippen LogP contribution in [-0.2, 0) is 6.42 Å². The number of hydrogen-bond acceptors (Lipinski definition) is 3. The Morgan fingerprint density at radius 1 is 1.24 bits per heavy atom. The van der Waals surface area contributed by atoms with Crippen LogP contribution >= 0.6 is 0 Å². The van der Waals surface area contributed by atoms with Gasteiger partial charge in [0, 0.05) is 18.1 Å². The highest BCUT2D eigenvalue weighted by atomic mass is 16.3. The molecule has 1 aliphatic carbocycles. The molecule has 2 rings (SSSR count). The predicted octanol–water partition coefficient (Wildman–Crippen LogP) is 2.62. The summed E-state index contributed by atoms with van der Waals surface area (Å²) in [4.78, 5) is 0. The monoisotopic (exact) mass is 290 g/mol. The summed E-state index contributed by atoms with van der Waals surface area (Å²) in [5, 5.41) is 14.0. The third-order valence-corrected chi connectivity index (χ3v) is 4.78. The van der Waals surface area contributed by atoms with Gasteiger partial charge >= 0.3 is 0 Å². The smallest absolute Gasteiger partial charge is 0.0818 e. The van der Waals surface area contributed by atoms with Crippen molar-refractivity contribution in [1.29, 1.82) is 0 Å². The van der Waals surface area contributed by atoms with Crippen molar-refractivity contribution in [2.75, 3.05) is 6.54 Å². The van der Waals surface area contributed by atoms with E-state index in [0.717, 1.165) is 6.42 Å². The average Bonchev–Trinajstić information content (AvgIpc) is 2.95. The highest BCUT2D eigenvalue weighted by Crippen LogP contribution is 2.33. The lowest BCUT2D eigenvalue weighted by Crippen LogP contribution is -2.50. The molecule has 0 bridgehead atoms. The van der Waals surface area contributed by atoms with E-state index >= 15 is 0 Å². The van der Waals surface area contributed by atoms with E-state index in [4.69, 9.17) is 5.73 Å². The summed E-state index contributed by atoms with van der Waals surface area (Å²) in [6, 6.07) is 9.95. The zero-order chi connectivity index (χ0) is 15.1. The maximum atomic E-state index is 10.3. The lowest BCUT2D eigenvalue weighted by Gasteiger charge is -2.32.